The van der Waals surface area contributed by atoms with Gasteiger partial charge in [-0.3, -0.25) is 4.99 Å². The zero-order chi connectivity index (χ0) is 15.4. The highest BCUT2D eigenvalue weighted by atomic mass is 35.5. The molecule has 5 heteroatoms. The summed E-state index contributed by atoms with van der Waals surface area (Å²) >= 11 is 14.1. The minimum Gasteiger partial charge on any atom is -0.370 e. The van der Waals surface area contributed by atoms with Gasteiger partial charge in [-0.15, -0.1) is 11.8 Å². The summed E-state index contributed by atoms with van der Waals surface area (Å²) in [5, 5.41) is 4.85. The molecule has 2 aromatic rings. The molecule has 0 radical (unpaired) electrons. The lowest BCUT2D eigenvalue weighted by Crippen LogP contribution is -2.30. The smallest absolute Gasteiger partial charge is 0.129 e. The second-order valence-electron chi connectivity index (χ2n) is 5.03. The number of nitrogens with zero attached hydrogens (tertiary/aromatic N) is 1. The van der Waals surface area contributed by atoms with Crippen LogP contribution in [0.3, 0.4) is 0 Å². The molecule has 114 valence electrons. The highest BCUT2D eigenvalue weighted by molar-refractivity contribution is 7.98. The Morgan fingerprint density at radius 1 is 1.14 bits per heavy atom. The van der Waals surface area contributed by atoms with Crippen molar-refractivity contribution in [3.05, 3.63) is 63.6 Å². The van der Waals surface area contributed by atoms with Crippen LogP contribution in [0.5, 0.6) is 0 Å². The molecular formula is C17H16Cl2N2S. The minimum atomic E-state index is 0.714. The molecule has 2 nitrogen and oxygen atoms in total. The predicted molar refractivity (Wildman–Crippen MR) is 96.5 cm³/mol. The zero-order valence-corrected chi connectivity index (χ0v) is 14.3. The molecule has 2 aromatic carbocycles. The Morgan fingerprint density at radius 2 is 2.00 bits per heavy atom. The van der Waals surface area contributed by atoms with E-state index >= 15 is 0 Å². The Kier molecular flexibility index (Phi) is 5.29. The van der Waals surface area contributed by atoms with Crippen LogP contribution in [0.2, 0.25) is 10.0 Å². The van der Waals surface area contributed by atoms with Crippen molar-refractivity contribution >= 4 is 40.8 Å². The minimum absolute atomic E-state index is 0.714. The molecule has 0 unspecified atom stereocenters. The maximum Gasteiger partial charge on any atom is 0.129 e. The lowest BCUT2D eigenvalue weighted by atomic mass is 10.2. The SMILES string of the molecule is Clc1ccc(Cl)c(CSc2ccccc2C2=NCCCN2)c1. The number of amidine groups is 1. The molecular weight excluding hydrogens is 335 g/mol. The normalized spacial score (nSPS) is 14.4. The van der Waals surface area contributed by atoms with E-state index in [-0.39, 0.29) is 0 Å². The van der Waals surface area contributed by atoms with Crippen molar-refractivity contribution in [1.82, 2.24) is 5.32 Å². The van der Waals surface area contributed by atoms with Crippen LogP contribution in [0.25, 0.3) is 0 Å². The molecule has 1 N–H and O–H groups in total. The quantitative estimate of drug-likeness (QED) is 0.782. The maximum atomic E-state index is 6.24. The summed E-state index contributed by atoms with van der Waals surface area (Å²) in [6, 6.07) is 13.9. The van der Waals surface area contributed by atoms with Crippen molar-refractivity contribution in [3.63, 3.8) is 0 Å². The lowest BCUT2D eigenvalue weighted by molar-refractivity contribution is 0.741. The van der Waals surface area contributed by atoms with Gasteiger partial charge in [0, 0.05) is 39.3 Å². The van der Waals surface area contributed by atoms with Crippen molar-refractivity contribution in [3.8, 4) is 0 Å². The van der Waals surface area contributed by atoms with E-state index in [2.05, 4.69) is 28.5 Å². The van der Waals surface area contributed by atoms with Crippen LogP contribution in [0, 0.1) is 0 Å². The summed E-state index contributed by atoms with van der Waals surface area (Å²) in [6.07, 6.45) is 1.09. The fourth-order valence-electron chi connectivity index (χ4n) is 2.31. The van der Waals surface area contributed by atoms with Gasteiger partial charge in [-0.1, -0.05) is 41.4 Å². The van der Waals surface area contributed by atoms with Crippen LogP contribution in [0.15, 0.2) is 52.4 Å². The first-order valence-electron chi connectivity index (χ1n) is 7.18. The van der Waals surface area contributed by atoms with E-state index in [9.17, 15) is 0 Å². The molecule has 0 bridgehead atoms. The summed E-state index contributed by atoms with van der Waals surface area (Å²) in [5.41, 5.74) is 2.21. The largest absolute Gasteiger partial charge is 0.370 e. The predicted octanol–water partition coefficient (Wildman–Crippen LogP) is 5.03. The molecule has 1 aliphatic rings. The van der Waals surface area contributed by atoms with E-state index in [1.807, 2.05) is 24.3 Å². The summed E-state index contributed by atoms with van der Waals surface area (Å²) < 4.78 is 0. The number of benzene rings is 2. The molecule has 22 heavy (non-hydrogen) atoms. The van der Waals surface area contributed by atoms with Crippen molar-refractivity contribution in [2.24, 2.45) is 4.99 Å². The number of halogens is 2. The average molecular weight is 351 g/mol. The molecule has 0 aliphatic carbocycles. The molecule has 0 spiro atoms. The summed E-state index contributed by atoms with van der Waals surface area (Å²) in [4.78, 5) is 5.79. The van der Waals surface area contributed by atoms with Crippen LogP contribution in [0.1, 0.15) is 17.5 Å². The monoisotopic (exact) mass is 350 g/mol. The molecule has 0 atom stereocenters. The maximum absolute atomic E-state index is 6.24. The van der Waals surface area contributed by atoms with E-state index < -0.39 is 0 Å². The van der Waals surface area contributed by atoms with Crippen LogP contribution in [-0.2, 0) is 5.75 Å². The van der Waals surface area contributed by atoms with Crippen LogP contribution >= 0.6 is 35.0 Å². The fraction of sp³-hybridized carbons (Fsp3) is 0.235. The Balaban J connectivity index is 1.81. The van der Waals surface area contributed by atoms with Crippen LogP contribution in [-0.4, -0.2) is 18.9 Å². The molecule has 0 aromatic heterocycles. The number of thioether (sulfide) groups is 1. The van der Waals surface area contributed by atoms with Gasteiger partial charge in [0.2, 0.25) is 0 Å². The van der Waals surface area contributed by atoms with E-state index in [4.69, 9.17) is 23.2 Å². The highest BCUT2D eigenvalue weighted by Gasteiger charge is 2.12. The fourth-order valence-corrected chi connectivity index (χ4v) is 3.81. The summed E-state index contributed by atoms with van der Waals surface area (Å²) in [6.45, 7) is 1.87. The first kappa shape index (κ1) is 15.7. The second-order valence-corrected chi connectivity index (χ2v) is 6.89. The first-order chi connectivity index (χ1) is 10.7. The molecule has 0 saturated heterocycles. The van der Waals surface area contributed by atoms with E-state index in [0.29, 0.717) is 5.02 Å². The molecule has 1 aliphatic heterocycles. The van der Waals surface area contributed by atoms with E-state index in [0.717, 1.165) is 47.2 Å². The van der Waals surface area contributed by atoms with Gasteiger partial charge in [-0.2, -0.15) is 0 Å². The molecule has 0 fully saturated rings. The second kappa shape index (κ2) is 7.40. The third-order valence-corrected chi connectivity index (χ3v) is 5.16. The Hall–Kier alpha value is -1.16. The van der Waals surface area contributed by atoms with Gasteiger partial charge < -0.3 is 5.32 Å². The number of rotatable bonds is 4. The Bertz CT molecular complexity index is 701. The lowest BCUT2D eigenvalue weighted by Gasteiger charge is -2.17. The van der Waals surface area contributed by atoms with Crippen molar-refractivity contribution < 1.29 is 0 Å². The molecule has 0 saturated carbocycles. The average Bonchev–Trinajstić information content (AvgIpc) is 2.57. The zero-order valence-electron chi connectivity index (χ0n) is 12.0. The van der Waals surface area contributed by atoms with Crippen LogP contribution in [0.4, 0.5) is 0 Å². The van der Waals surface area contributed by atoms with E-state index in [1.54, 1.807) is 11.8 Å². The molecule has 1 heterocycles. The van der Waals surface area contributed by atoms with Gasteiger partial charge in [0.25, 0.3) is 0 Å². The highest BCUT2D eigenvalue weighted by Crippen LogP contribution is 2.30. The van der Waals surface area contributed by atoms with E-state index in [1.165, 1.54) is 4.90 Å². The summed E-state index contributed by atoms with van der Waals surface area (Å²) in [7, 11) is 0. The van der Waals surface area contributed by atoms with Gasteiger partial charge >= 0.3 is 0 Å². The third kappa shape index (κ3) is 3.78. The number of nitrogens with one attached hydrogen (secondary N) is 1. The Labute approximate surface area is 144 Å². The van der Waals surface area contributed by atoms with Crippen molar-refractivity contribution in [2.75, 3.05) is 13.1 Å². The van der Waals surface area contributed by atoms with Gasteiger partial charge in [0.05, 0.1) is 0 Å². The third-order valence-electron chi connectivity index (χ3n) is 3.43. The molecule has 0 amide bonds. The number of hydrogen-bond acceptors (Lipinski definition) is 3. The van der Waals surface area contributed by atoms with Crippen molar-refractivity contribution in [2.45, 2.75) is 17.1 Å². The first-order valence-corrected chi connectivity index (χ1v) is 8.92. The van der Waals surface area contributed by atoms with Crippen LogP contribution < -0.4 is 5.32 Å². The Morgan fingerprint density at radius 3 is 2.82 bits per heavy atom. The number of hydrogen-bond donors (Lipinski definition) is 1. The summed E-state index contributed by atoms with van der Waals surface area (Å²) in [5.74, 6) is 1.77. The van der Waals surface area contributed by atoms with Gasteiger partial charge in [0.15, 0.2) is 0 Å². The number of aliphatic imine (C=N–C) groups is 1. The topological polar surface area (TPSA) is 24.4 Å². The van der Waals surface area contributed by atoms with Gasteiger partial charge in [-0.05, 0) is 36.2 Å². The van der Waals surface area contributed by atoms with Gasteiger partial charge in [-0.25, -0.2) is 0 Å². The standard InChI is InChI=1S/C17H16Cl2N2S/c18-13-6-7-15(19)12(10-13)11-22-16-5-2-1-4-14(16)17-20-8-3-9-21-17/h1-2,4-7,10H,3,8-9,11H2,(H,20,21). The van der Waals surface area contributed by atoms with Crippen molar-refractivity contribution in [1.29, 1.82) is 0 Å². The molecule has 3 rings (SSSR count). The van der Waals surface area contributed by atoms with Gasteiger partial charge in [0.1, 0.15) is 5.84 Å².